The summed E-state index contributed by atoms with van der Waals surface area (Å²) in [7, 11) is 0. The van der Waals surface area contributed by atoms with Crippen LogP contribution in [0.2, 0.25) is 0 Å². The van der Waals surface area contributed by atoms with E-state index in [2.05, 4.69) is 69.4 Å². The van der Waals surface area contributed by atoms with Gasteiger partial charge in [-0.1, -0.05) is 12.1 Å². The molecule has 0 radical (unpaired) electrons. The van der Waals surface area contributed by atoms with Gasteiger partial charge in [0.1, 0.15) is 24.7 Å². The monoisotopic (exact) mass is 313 g/mol. The zero-order valence-electron chi connectivity index (χ0n) is 14.6. The highest BCUT2D eigenvalue weighted by Crippen LogP contribution is 2.16. The first-order valence-electron chi connectivity index (χ1n) is 8.16. The molecule has 0 aliphatic heterocycles. The van der Waals surface area contributed by atoms with Gasteiger partial charge in [0.15, 0.2) is 0 Å². The van der Waals surface area contributed by atoms with E-state index in [1.54, 1.807) is 0 Å². The normalized spacial score (nSPS) is 10.6. The molecule has 23 heavy (non-hydrogen) atoms. The molecular weight excluding hydrogens is 286 g/mol. The predicted octanol–water partition coefficient (Wildman–Crippen LogP) is 3.97. The minimum Gasteiger partial charge on any atom is -0.492 e. The van der Waals surface area contributed by atoms with Gasteiger partial charge in [-0.3, -0.25) is 0 Å². The molecule has 124 valence electrons. The van der Waals surface area contributed by atoms with Gasteiger partial charge in [0.2, 0.25) is 0 Å². The van der Waals surface area contributed by atoms with Crippen molar-refractivity contribution in [3.05, 3.63) is 58.7 Å². The summed E-state index contributed by atoms with van der Waals surface area (Å²) in [5.41, 5.74) is 4.93. The SMILES string of the molecule is Cc1cc(C)cc(OCCNCCOc2cc(C)cc(C)c2)c1. The van der Waals surface area contributed by atoms with E-state index in [-0.39, 0.29) is 0 Å². The molecule has 0 atom stereocenters. The van der Waals surface area contributed by atoms with Crippen molar-refractivity contribution in [1.29, 1.82) is 0 Å². The summed E-state index contributed by atoms with van der Waals surface area (Å²) < 4.78 is 11.5. The van der Waals surface area contributed by atoms with Gasteiger partial charge in [0, 0.05) is 13.1 Å². The summed E-state index contributed by atoms with van der Waals surface area (Å²) in [6.45, 7) is 11.3. The van der Waals surface area contributed by atoms with Crippen LogP contribution < -0.4 is 14.8 Å². The van der Waals surface area contributed by atoms with Gasteiger partial charge in [-0.2, -0.15) is 0 Å². The second-order valence-electron chi connectivity index (χ2n) is 6.09. The van der Waals surface area contributed by atoms with Crippen LogP contribution in [-0.2, 0) is 0 Å². The number of hydrogen-bond donors (Lipinski definition) is 1. The van der Waals surface area contributed by atoms with Gasteiger partial charge >= 0.3 is 0 Å². The van der Waals surface area contributed by atoms with E-state index in [1.165, 1.54) is 22.3 Å². The molecule has 3 nitrogen and oxygen atoms in total. The van der Waals surface area contributed by atoms with Crippen molar-refractivity contribution in [3.8, 4) is 11.5 Å². The van der Waals surface area contributed by atoms with Crippen LogP contribution in [0.1, 0.15) is 22.3 Å². The van der Waals surface area contributed by atoms with E-state index < -0.39 is 0 Å². The number of ether oxygens (including phenoxy) is 2. The van der Waals surface area contributed by atoms with E-state index in [4.69, 9.17) is 9.47 Å². The first-order valence-corrected chi connectivity index (χ1v) is 8.16. The fourth-order valence-electron chi connectivity index (χ4n) is 2.64. The van der Waals surface area contributed by atoms with Crippen molar-refractivity contribution >= 4 is 0 Å². The summed E-state index contributed by atoms with van der Waals surface area (Å²) in [6.07, 6.45) is 0. The van der Waals surface area contributed by atoms with E-state index in [0.29, 0.717) is 13.2 Å². The maximum atomic E-state index is 5.76. The first kappa shape index (κ1) is 17.4. The maximum absolute atomic E-state index is 5.76. The quantitative estimate of drug-likeness (QED) is 0.748. The third-order valence-corrected chi connectivity index (χ3v) is 3.49. The molecule has 2 aromatic carbocycles. The van der Waals surface area contributed by atoms with E-state index in [9.17, 15) is 0 Å². The molecule has 0 fully saturated rings. The molecule has 0 spiro atoms. The van der Waals surface area contributed by atoms with Gasteiger partial charge in [0.25, 0.3) is 0 Å². The number of nitrogens with one attached hydrogen (secondary N) is 1. The van der Waals surface area contributed by atoms with Crippen LogP contribution in [0.15, 0.2) is 36.4 Å². The molecular formula is C20H27NO2. The van der Waals surface area contributed by atoms with Crippen LogP contribution in [0.4, 0.5) is 0 Å². The van der Waals surface area contributed by atoms with Crippen LogP contribution in [0, 0.1) is 27.7 Å². The average molecular weight is 313 g/mol. The number of aryl methyl sites for hydroxylation is 4. The van der Waals surface area contributed by atoms with Crippen LogP contribution in [0.25, 0.3) is 0 Å². The topological polar surface area (TPSA) is 30.5 Å². The molecule has 0 heterocycles. The van der Waals surface area contributed by atoms with E-state index in [1.807, 2.05) is 0 Å². The van der Waals surface area contributed by atoms with Crippen LogP contribution in [-0.4, -0.2) is 26.3 Å². The van der Waals surface area contributed by atoms with Gasteiger partial charge in [-0.15, -0.1) is 0 Å². The highest BCUT2D eigenvalue weighted by molar-refractivity contribution is 5.33. The zero-order valence-corrected chi connectivity index (χ0v) is 14.6. The van der Waals surface area contributed by atoms with Gasteiger partial charge < -0.3 is 14.8 Å². The molecule has 0 aliphatic carbocycles. The third-order valence-electron chi connectivity index (χ3n) is 3.49. The second-order valence-corrected chi connectivity index (χ2v) is 6.09. The Morgan fingerprint density at radius 2 is 0.957 bits per heavy atom. The summed E-state index contributed by atoms with van der Waals surface area (Å²) in [6, 6.07) is 12.6. The molecule has 0 aliphatic rings. The lowest BCUT2D eigenvalue weighted by Crippen LogP contribution is -2.25. The molecule has 3 heteroatoms. The summed E-state index contributed by atoms with van der Waals surface area (Å²) in [5.74, 6) is 1.88. The Balaban J connectivity index is 1.60. The third kappa shape index (κ3) is 6.33. The number of benzene rings is 2. The maximum Gasteiger partial charge on any atom is 0.119 e. The first-order chi connectivity index (χ1) is 11.0. The van der Waals surface area contributed by atoms with Crippen molar-refractivity contribution < 1.29 is 9.47 Å². The largest absolute Gasteiger partial charge is 0.492 e. The fraction of sp³-hybridized carbons (Fsp3) is 0.400. The molecule has 0 unspecified atom stereocenters. The lowest BCUT2D eigenvalue weighted by atomic mass is 10.1. The highest BCUT2D eigenvalue weighted by Gasteiger charge is 1.98. The average Bonchev–Trinajstić information content (AvgIpc) is 2.44. The Morgan fingerprint density at radius 3 is 1.30 bits per heavy atom. The van der Waals surface area contributed by atoms with Crippen LogP contribution >= 0.6 is 0 Å². The molecule has 0 aromatic heterocycles. The second kappa shape index (κ2) is 8.59. The standard InChI is InChI=1S/C20H27NO2/c1-15-9-16(2)12-19(11-15)22-7-5-21-6-8-23-20-13-17(3)10-18(4)14-20/h9-14,21H,5-8H2,1-4H3. The van der Waals surface area contributed by atoms with Gasteiger partial charge in [-0.25, -0.2) is 0 Å². The Kier molecular flexibility index (Phi) is 6.48. The summed E-state index contributed by atoms with van der Waals surface area (Å²) in [5, 5.41) is 3.33. The zero-order chi connectivity index (χ0) is 16.7. The van der Waals surface area contributed by atoms with Crippen molar-refractivity contribution in [2.45, 2.75) is 27.7 Å². The number of hydrogen-bond acceptors (Lipinski definition) is 3. The van der Waals surface area contributed by atoms with Crippen molar-refractivity contribution in [3.63, 3.8) is 0 Å². The lowest BCUT2D eigenvalue weighted by Gasteiger charge is -2.10. The number of rotatable bonds is 8. The van der Waals surface area contributed by atoms with E-state index in [0.717, 1.165) is 24.6 Å². The molecule has 0 bridgehead atoms. The minimum atomic E-state index is 0.659. The van der Waals surface area contributed by atoms with E-state index >= 15 is 0 Å². The molecule has 0 saturated carbocycles. The van der Waals surface area contributed by atoms with Crippen molar-refractivity contribution in [1.82, 2.24) is 5.32 Å². The van der Waals surface area contributed by atoms with Crippen LogP contribution in [0.3, 0.4) is 0 Å². The molecule has 2 aromatic rings. The highest BCUT2D eigenvalue weighted by atomic mass is 16.5. The molecule has 1 N–H and O–H groups in total. The Hall–Kier alpha value is -2.00. The van der Waals surface area contributed by atoms with Crippen LogP contribution in [0.5, 0.6) is 11.5 Å². The van der Waals surface area contributed by atoms with Gasteiger partial charge in [0.05, 0.1) is 0 Å². The summed E-state index contributed by atoms with van der Waals surface area (Å²) in [4.78, 5) is 0. The lowest BCUT2D eigenvalue weighted by molar-refractivity contribution is 0.288. The Morgan fingerprint density at radius 1 is 0.609 bits per heavy atom. The van der Waals surface area contributed by atoms with Crippen molar-refractivity contribution in [2.24, 2.45) is 0 Å². The molecule has 0 amide bonds. The van der Waals surface area contributed by atoms with Crippen molar-refractivity contribution in [2.75, 3.05) is 26.3 Å². The molecule has 0 saturated heterocycles. The molecule has 2 rings (SSSR count). The minimum absolute atomic E-state index is 0.659. The fourth-order valence-corrected chi connectivity index (χ4v) is 2.64. The smallest absolute Gasteiger partial charge is 0.119 e. The Labute approximate surface area is 139 Å². The van der Waals surface area contributed by atoms with Gasteiger partial charge in [-0.05, 0) is 74.2 Å². The predicted molar refractivity (Wildman–Crippen MR) is 95.7 cm³/mol. The Bertz CT molecular complexity index is 542. The summed E-state index contributed by atoms with van der Waals surface area (Å²) >= 11 is 0.